The molecule has 1 aromatic carbocycles. The first-order valence-corrected chi connectivity index (χ1v) is 11.7. The van der Waals surface area contributed by atoms with Crippen LogP contribution in [0.2, 0.25) is 10.3 Å². The summed E-state index contributed by atoms with van der Waals surface area (Å²) in [7, 11) is 0. The predicted octanol–water partition coefficient (Wildman–Crippen LogP) is 2.38. The molecule has 0 radical (unpaired) electrons. The highest BCUT2D eigenvalue weighted by molar-refractivity contribution is 6.32. The van der Waals surface area contributed by atoms with Gasteiger partial charge in [-0.25, -0.2) is 19.0 Å². The fraction of sp³-hybridized carbons (Fsp3) is 0.381. The number of fused-ring (bicyclic) bond motifs is 1. The van der Waals surface area contributed by atoms with Gasteiger partial charge in [-0.3, -0.25) is 4.57 Å². The largest absolute Gasteiger partial charge is 0.573 e. The Morgan fingerprint density at radius 2 is 1.85 bits per heavy atom. The monoisotopic (exact) mass is 613 g/mol. The number of hydrogen-bond donors (Lipinski definition) is 4. The lowest BCUT2D eigenvalue weighted by atomic mass is 9.94. The number of nitrogens with zero attached hydrogens (tertiary/aromatic N) is 4. The molecule has 0 spiro atoms. The van der Waals surface area contributed by atoms with Crippen molar-refractivity contribution in [2.75, 3.05) is 12.3 Å². The van der Waals surface area contributed by atoms with Gasteiger partial charge in [0.2, 0.25) is 5.28 Å². The molecule has 2 aromatic heterocycles. The van der Waals surface area contributed by atoms with Crippen LogP contribution in [0.5, 0.6) is 5.75 Å². The number of aliphatic hydroxyl groups is 1. The first-order valence-electron chi connectivity index (χ1n) is 10.9. The zero-order valence-corrected chi connectivity index (χ0v) is 21.1. The minimum absolute atomic E-state index is 0.0435. The summed E-state index contributed by atoms with van der Waals surface area (Å²) in [6.45, 7) is -0.972. The van der Waals surface area contributed by atoms with Crippen LogP contribution in [0.4, 0.5) is 23.4 Å². The topological polar surface area (TPSA) is 192 Å². The molecule has 1 saturated heterocycles. The van der Waals surface area contributed by atoms with E-state index in [1.807, 2.05) is 0 Å². The molecule has 4 atom stereocenters. The van der Waals surface area contributed by atoms with Crippen LogP contribution in [0, 0.1) is 0 Å². The Morgan fingerprint density at radius 1 is 1.18 bits per heavy atom. The Balaban J connectivity index is 1.58. The quantitative estimate of drug-likeness (QED) is 0.157. The molecular formula is C21H17Cl2F4N5O8. The van der Waals surface area contributed by atoms with Crippen LogP contribution in [0.3, 0.4) is 0 Å². The summed E-state index contributed by atoms with van der Waals surface area (Å²) in [5.74, 6) is -5.12. The van der Waals surface area contributed by atoms with E-state index >= 15 is 4.39 Å². The summed E-state index contributed by atoms with van der Waals surface area (Å²) in [4.78, 5) is 35.8. The number of carboxylic acids is 2. The molecule has 1 aliphatic rings. The Labute approximate surface area is 230 Å². The number of aromatic nitrogens is 4. The zero-order chi connectivity index (χ0) is 29.6. The second kappa shape index (κ2) is 10.8. The standard InChI is InChI=1S/C21H17Cl2F4N5O8/c22-8-2-1-7(3-9(8)40-21(25,26)27)4-20(17(34)35,18(36)37)38-5-10-13(33)11(24)16(39-10)32-6-29-12-14(28)30-19(23)31-15(12)32/h1-3,6,10-11,13,16,33H,4-5H2,(H,34,35)(H,36,37)(H2,28,30,31)/t10-,11+,13-,16-/m1/s1. The van der Waals surface area contributed by atoms with E-state index in [1.54, 1.807) is 0 Å². The number of ether oxygens (including phenoxy) is 3. The predicted molar refractivity (Wildman–Crippen MR) is 125 cm³/mol. The lowest BCUT2D eigenvalue weighted by Gasteiger charge is -2.27. The molecule has 13 nitrogen and oxygen atoms in total. The average Bonchev–Trinajstić information content (AvgIpc) is 3.38. The van der Waals surface area contributed by atoms with Crippen molar-refractivity contribution in [3.05, 3.63) is 40.4 Å². The van der Waals surface area contributed by atoms with Crippen molar-refractivity contribution in [1.29, 1.82) is 0 Å². The molecule has 0 amide bonds. The summed E-state index contributed by atoms with van der Waals surface area (Å²) in [5, 5.41) is 29.2. The Hall–Kier alpha value is -3.51. The number of nitrogen functional groups attached to an aromatic ring is 1. The molecule has 1 fully saturated rings. The summed E-state index contributed by atoms with van der Waals surface area (Å²) in [5.41, 5.74) is 2.34. The van der Waals surface area contributed by atoms with E-state index in [4.69, 9.17) is 38.4 Å². The number of hydrogen-bond acceptors (Lipinski definition) is 10. The number of nitrogens with two attached hydrogens (primary N) is 1. The maximum atomic E-state index is 15.1. The van der Waals surface area contributed by atoms with Gasteiger partial charge in [0.25, 0.3) is 5.60 Å². The summed E-state index contributed by atoms with van der Waals surface area (Å²) in [6, 6.07) is 2.69. The minimum Gasteiger partial charge on any atom is -0.479 e. The molecule has 40 heavy (non-hydrogen) atoms. The number of imidazole rings is 1. The van der Waals surface area contributed by atoms with Gasteiger partial charge in [-0.2, -0.15) is 9.97 Å². The zero-order valence-electron chi connectivity index (χ0n) is 19.5. The van der Waals surface area contributed by atoms with Gasteiger partial charge < -0.3 is 35.3 Å². The van der Waals surface area contributed by atoms with Crippen LogP contribution < -0.4 is 10.5 Å². The summed E-state index contributed by atoms with van der Waals surface area (Å²) in [6.07, 6.45) is -12.4. The van der Waals surface area contributed by atoms with E-state index in [2.05, 4.69) is 19.7 Å². The molecule has 5 N–H and O–H groups in total. The smallest absolute Gasteiger partial charge is 0.479 e. The van der Waals surface area contributed by atoms with Crippen molar-refractivity contribution < 1.29 is 56.7 Å². The maximum Gasteiger partial charge on any atom is 0.573 e. The fourth-order valence-electron chi connectivity index (χ4n) is 3.95. The molecule has 0 saturated carbocycles. The molecule has 1 aliphatic heterocycles. The highest BCUT2D eigenvalue weighted by atomic mass is 35.5. The molecule has 3 aromatic rings. The van der Waals surface area contributed by atoms with Crippen LogP contribution in [0.15, 0.2) is 24.5 Å². The molecule has 0 bridgehead atoms. The first-order chi connectivity index (χ1) is 18.6. The maximum absolute atomic E-state index is 15.1. The Bertz CT molecular complexity index is 1440. The van der Waals surface area contributed by atoms with Gasteiger partial charge >= 0.3 is 18.3 Å². The lowest BCUT2D eigenvalue weighted by molar-refractivity contribution is -0.274. The van der Waals surface area contributed by atoms with E-state index in [1.165, 1.54) is 0 Å². The van der Waals surface area contributed by atoms with Crippen LogP contribution in [-0.4, -0.2) is 83.7 Å². The second-order valence-corrected chi connectivity index (χ2v) is 9.18. The van der Waals surface area contributed by atoms with E-state index in [9.17, 15) is 38.1 Å². The third kappa shape index (κ3) is 5.68. The van der Waals surface area contributed by atoms with E-state index < -0.39 is 72.3 Å². The van der Waals surface area contributed by atoms with Crippen molar-refractivity contribution in [3.8, 4) is 5.75 Å². The number of aliphatic hydroxyl groups excluding tert-OH is 1. The number of benzene rings is 1. The first kappa shape index (κ1) is 29.5. The third-order valence-electron chi connectivity index (χ3n) is 5.85. The van der Waals surface area contributed by atoms with Crippen LogP contribution in [0.25, 0.3) is 11.2 Å². The average molecular weight is 614 g/mol. The Morgan fingerprint density at radius 3 is 2.48 bits per heavy atom. The molecule has 3 heterocycles. The molecule has 216 valence electrons. The van der Waals surface area contributed by atoms with Gasteiger partial charge in [-0.1, -0.05) is 17.7 Å². The van der Waals surface area contributed by atoms with E-state index in [0.29, 0.717) is 6.07 Å². The normalized spacial score (nSPS) is 21.6. The van der Waals surface area contributed by atoms with Crippen molar-refractivity contribution >= 4 is 52.1 Å². The van der Waals surface area contributed by atoms with Crippen molar-refractivity contribution in [2.45, 2.75) is 43.0 Å². The summed E-state index contributed by atoms with van der Waals surface area (Å²) >= 11 is 11.5. The number of carbonyl (C=O) groups is 2. The second-order valence-electron chi connectivity index (χ2n) is 8.44. The number of carboxylic acid groups (broad SMARTS) is 2. The van der Waals surface area contributed by atoms with Crippen molar-refractivity contribution in [3.63, 3.8) is 0 Å². The van der Waals surface area contributed by atoms with Gasteiger partial charge in [0, 0.05) is 6.42 Å². The highest BCUT2D eigenvalue weighted by Gasteiger charge is 2.52. The SMILES string of the molecule is Nc1nc(Cl)nc2c1ncn2[C@@H]1O[C@H](COC(Cc2ccc(Cl)c(OC(F)(F)F)c2)(C(=O)O)C(=O)O)[C@@H](O)[C@@H]1F. The minimum atomic E-state index is -5.14. The number of halogens is 6. The van der Waals surface area contributed by atoms with Gasteiger partial charge in [0.05, 0.1) is 18.0 Å². The van der Waals surface area contributed by atoms with Gasteiger partial charge in [-0.05, 0) is 29.3 Å². The molecule has 4 rings (SSSR count). The molecular weight excluding hydrogens is 597 g/mol. The lowest BCUT2D eigenvalue weighted by Crippen LogP contribution is -2.52. The molecule has 0 unspecified atom stereocenters. The van der Waals surface area contributed by atoms with Crippen LogP contribution >= 0.6 is 23.2 Å². The van der Waals surface area contributed by atoms with E-state index in [-0.39, 0.29) is 27.8 Å². The van der Waals surface area contributed by atoms with Crippen LogP contribution in [-0.2, 0) is 25.5 Å². The molecule has 0 aliphatic carbocycles. The number of alkyl halides is 4. The Kier molecular flexibility index (Phi) is 7.97. The van der Waals surface area contributed by atoms with E-state index in [0.717, 1.165) is 23.0 Å². The molecule has 19 heteroatoms. The van der Waals surface area contributed by atoms with Gasteiger partial charge in [0.1, 0.15) is 23.5 Å². The van der Waals surface area contributed by atoms with Gasteiger partial charge in [-0.15, -0.1) is 13.2 Å². The third-order valence-corrected chi connectivity index (χ3v) is 6.33. The van der Waals surface area contributed by atoms with Gasteiger partial charge in [0.15, 0.2) is 23.9 Å². The van der Waals surface area contributed by atoms with Crippen LogP contribution in [0.1, 0.15) is 11.8 Å². The number of aliphatic carboxylic acids is 2. The number of anilines is 1. The fourth-order valence-corrected chi connectivity index (χ4v) is 4.28. The summed E-state index contributed by atoms with van der Waals surface area (Å²) < 4.78 is 68.6. The van der Waals surface area contributed by atoms with Crippen molar-refractivity contribution in [1.82, 2.24) is 19.5 Å². The van der Waals surface area contributed by atoms with Crippen molar-refractivity contribution in [2.24, 2.45) is 0 Å². The number of rotatable bonds is 9. The highest BCUT2D eigenvalue weighted by Crippen LogP contribution is 2.36.